The smallest absolute Gasteiger partial charge is 0.261 e. The van der Waals surface area contributed by atoms with Crippen LogP contribution in [0.2, 0.25) is 0 Å². The third-order valence-corrected chi connectivity index (χ3v) is 5.00. The molecule has 0 atom stereocenters. The number of carbonyl (C=O) groups is 1. The molecular weight excluding hydrogens is 456 g/mol. The Morgan fingerprint density at radius 1 is 1.03 bits per heavy atom. The largest absolute Gasteiger partial charge is 0.368 e. The molecule has 3 aromatic rings. The summed E-state index contributed by atoms with van der Waals surface area (Å²) in [6.45, 7) is 3.42. The monoisotopic (exact) mass is 484 g/mol. The van der Waals surface area contributed by atoms with Crippen molar-refractivity contribution < 1.29 is 17.8 Å². The molecule has 1 fully saturated rings. The van der Waals surface area contributed by atoms with Crippen LogP contribution in [0.4, 0.5) is 17.2 Å². The van der Waals surface area contributed by atoms with Gasteiger partial charge in [0.05, 0.1) is 11.9 Å². The number of amides is 1. The molecule has 10 nitrogen and oxygen atoms in total. The zero-order chi connectivity index (χ0) is 24.6. The van der Waals surface area contributed by atoms with Crippen LogP contribution in [0.25, 0.3) is 0 Å². The van der Waals surface area contributed by atoms with Gasteiger partial charge in [0.15, 0.2) is 0 Å². The quantitative estimate of drug-likeness (QED) is 0.464. The van der Waals surface area contributed by atoms with Crippen LogP contribution in [0.5, 0.6) is 0 Å². The molecule has 4 N–H and O–H groups in total. The Morgan fingerprint density at radius 2 is 1.71 bits per heavy atom. The maximum Gasteiger partial charge on any atom is 0.261 e. The van der Waals surface area contributed by atoms with Crippen LogP contribution >= 0.6 is 0 Å². The fourth-order valence-electron chi connectivity index (χ4n) is 3.44. The molecule has 1 saturated heterocycles. The van der Waals surface area contributed by atoms with E-state index in [-0.39, 0.29) is 5.91 Å². The van der Waals surface area contributed by atoms with Gasteiger partial charge in [-0.15, -0.1) is 0 Å². The lowest BCUT2D eigenvalue weighted by atomic mass is 10.1. The highest BCUT2D eigenvalue weighted by atomic mass is 32.2. The number of aromatic nitrogens is 2. The van der Waals surface area contributed by atoms with E-state index in [4.69, 9.17) is 10.3 Å². The average molecular weight is 485 g/mol. The van der Waals surface area contributed by atoms with E-state index in [0.717, 1.165) is 24.5 Å². The normalized spacial score (nSPS) is 13.6. The molecule has 0 unspecified atom stereocenters. The first-order valence-corrected chi connectivity index (χ1v) is 12.5. The summed E-state index contributed by atoms with van der Waals surface area (Å²) >= 11 is 0. The highest BCUT2D eigenvalue weighted by Crippen LogP contribution is 2.20. The van der Waals surface area contributed by atoms with E-state index in [0.29, 0.717) is 37.3 Å². The Morgan fingerprint density at radius 3 is 2.35 bits per heavy atom. The number of benzene rings is 2. The van der Waals surface area contributed by atoms with Crippen LogP contribution in [0.15, 0.2) is 67.0 Å². The molecule has 2 aromatic carbocycles. The summed E-state index contributed by atoms with van der Waals surface area (Å²) in [6.07, 6.45) is 2.19. The van der Waals surface area contributed by atoms with Gasteiger partial charge in [0.1, 0.15) is 12.1 Å². The molecule has 1 aromatic heterocycles. The summed E-state index contributed by atoms with van der Waals surface area (Å²) in [7, 11) is -3.67. The van der Waals surface area contributed by atoms with Crippen molar-refractivity contribution in [1.82, 2.24) is 14.9 Å². The standard InChI is InChI=1S/C22H24N6O.CH4O3S/c23-15-19-14-21(25-16-24-19)26-18-6-4-5-17(13-18)22(29)28-11-9-27(10-12-28)20-7-2-1-3-8-20;1-5(2,3)4/h1-8,13-14,16H,9-12,15,23H2,(H,24,25,26);1H3,(H,2,3,4). The predicted molar refractivity (Wildman–Crippen MR) is 132 cm³/mol. The van der Waals surface area contributed by atoms with Crippen molar-refractivity contribution in [3.8, 4) is 0 Å². The van der Waals surface area contributed by atoms with Gasteiger partial charge >= 0.3 is 0 Å². The first-order valence-electron chi connectivity index (χ1n) is 10.6. The second kappa shape index (κ2) is 11.5. The molecule has 2 heterocycles. The lowest BCUT2D eigenvalue weighted by Gasteiger charge is -2.36. The van der Waals surface area contributed by atoms with E-state index in [1.165, 1.54) is 12.0 Å². The number of nitrogens with zero attached hydrogens (tertiary/aromatic N) is 4. The lowest BCUT2D eigenvalue weighted by Crippen LogP contribution is -2.48. The number of carbonyl (C=O) groups excluding carboxylic acids is 1. The van der Waals surface area contributed by atoms with Gasteiger partial charge in [-0.2, -0.15) is 8.42 Å². The molecule has 1 amide bonds. The van der Waals surface area contributed by atoms with Crippen molar-refractivity contribution in [1.29, 1.82) is 0 Å². The molecule has 0 radical (unpaired) electrons. The number of nitrogens with one attached hydrogen (secondary N) is 1. The number of hydrogen-bond donors (Lipinski definition) is 3. The number of anilines is 3. The molecule has 11 heteroatoms. The van der Waals surface area contributed by atoms with Crippen molar-refractivity contribution in [3.05, 3.63) is 78.2 Å². The van der Waals surface area contributed by atoms with Crippen LogP contribution in [-0.2, 0) is 16.7 Å². The van der Waals surface area contributed by atoms with Gasteiger partial charge in [0, 0.05) is 55.7 Å². The molecule has 4 rings (SSSR count). The third kappa shape index (κ3) is 7.80. The fraction of sp³-hybridized carbons (Fsp3) is 0.261. The number of hydrogen-bond acceptors (Lipinski definition) is 8. The Balaban J connectivity index is 0.000000588. The maximum atomic E-state index is 13.0. The van der Waals surface area contributed by atoms with E-state index in [9.17, 15) is 13.2 Å². The van der Waals surface area contributed by atoms with Crippen LogP contribution < -0.4 is 16.0 Å². The zero-order valence-corrected chi connectivity index (χ0v) is 19.6. The van der Waals surface area contributed by atoms with Crippen molar-refractivity contribution in [2.75, 3.05) is 42.7 Å². The van der Waals surface area contributed by atoms with Crippen molar-refractivity contribution >= 4 is 33.2 Å². The molecule has 180 valence electrons. The summed E-state index contributed by atoms with van der Waals surface area (Å²) in [4.78, 5) is 25.5. The minimum Gasteiger partial charge on any atom is -0.368 e. The summed E-state index contributed by atoms with van der Waals surface area (Å²) in [6, 6.07) is 19.6. The Labute approximate surface area is 199 Å². The molecule has 0 aliphatic carbocycles. The second-order valence-electron chi connectivity index (χ2n) is 7.65. The Bertz CT molecular complexity index is 1190. The van der Waals surface area contributed by atoms with Gasteiger partial charge in [0.2, 0.25) is 0 Å². The van der Waals surface area contributed by atoms with Gasteiger partial charge in [-0.1, -0.05) is 24.3 Å². The highest BCUT2D eigenvalue weighted by molar-refractivity contribution is 7.85. The fourth-order valence-corrected chi connectivity index (χ4v) is 3.44. The minimum absolute atomic E-state index is 0.0479. The van der Waals surface area contributed by atoms with Crippen molar-refractivity contribution in [2.45, 2.75) is 6.54 Å². The maximum absolute atomic E-state index is 13.0. The van der Waals surface area contributed by atoms with E-state index < -0.39 is 10.1 Å². The van der Waals surface area contributed by atoms with E-state index in [2.05, 4.69) is 32.3 Å². The van der Waals surface area contributed by atoms with Gasteiger partial charge in [-0.25, -0.2) is 9.97 Å². The van der Waals surface area contributed by atoms with Crippen molar-refractivity contribution in [3.63, 3.8) is 0 Å². The molecule has 1 aliphatic rings. The van der Waals surface area contributed by atoms with Crippen LogP contribution in [-0.4, -0.2) is 66.2 Å². The van der Waals surface area contributed by atoms with E-state index in [1.54, 1.807) is 6.07 Å². The summed E-state index contributed by atoms with van der Waals surface area (Å²) < 4.78 is 25.9. The molecule has 1 aliphatic heterocycles. The van der Waals surface area contributed by atoms with Crippen LogP contribution in [0.1, 0.15) is 16.1 Å². The van der Waals surface area contributed by atoms with Crippen LogP contribution in [0.3, 0.4) is 0 Å². The number of piperazine rings is 1. The van der Waals surface area contributed by atoms with Gasteiger partial charge in [-0.05, 0) is 30.3 Å². The Kier molecular flexibility index (Phi) is 8.52. The average Bonchev–Trinajstić information content (AvgIpc) is 2.83. The summed E-state index contributed by atoms with van der Waals surface area (Å²) in [5.74, 6) is 0.702. The SMILES string of the molecule is CS(=O)(=O)O.NCc1cc(Nc2cccc(C(=O)N3CCN(c4ccccc4)CC3)c2)ncn1. The molecule has 0 spiro atoms. The Hall–Kier alpha value is -3.54. The molecular formula is C23H28N6O4S. The van der Waals surface area contributed by atoms with E-state index >= 15 is 0 Å². The molecule has 0 bridgehead atoms. The van der Waals surface area contributed by atoms with E-state index in [1.807, 2.05) is 47.4 Å². The first kappa shape index (κ1) is 25.1. The predicted octanol–water partition coefficient (Wildman–Crippen LogP) is 2.15. The lowest BCUT2D eigenvalue weighted by molar-refractivity contribution is 0.0747. The van der Waals surface area contributed by atoms with Crippen molar-refractivity contribution in [2.24, 2.45) is 5.73 Å². The molecule has 34 heavy (non-hydrogen) atoms. The highest BCUT2D eigenvalue weighted by Gasteiger charge is 2.22. The number of nitrogens with two attached hydrogens (primary N) is 1. The van der Waals surface area contributed by atoms with Gasteiger partial charge in [0.25, 0.3) is 16.0 Å². The zero-order valence-electron chi connectivity index (χ0n) is 18.8. The number of para-hydroxylation sites is 1. The molecule has 0 saturated carbocycles. The summed E-state index contributed by atoms with van der Waals surface area (Å²) in [5.41, 5.74) is 9.06. The summed E-state index contributed by atoms with van der Waals surface area (Å²) in [5, 5.41) is 3.22. The second-order valence-corrected chi connectivity index (χ2v) is 9.12. The third-order valence-electron chi connectivity index (χ3n) is 5.00. The van der Waals surface area contributed by atoms with Gasteiger partial charge < -0.3 is 20.9 Å². The topological polar surface area (TPSA) is 142 Å². The van der Waals surface area contributed by atoms with Gasteiger partial charge in [-0.3, -0.25) is 9.35 Å². The minimum atomic E-state index is -3.67. The first-order chi connectivity index (χ1) is 16.2. The number of rotatable bonds is 5. The van der Waals surface area contributed by atoms with Crippen LogP contribution in [0, 0.1) is 0 Å².